The first kappa shape index (κ1) is 9.94. The SMILES string of the molecule is CC[C](C(=O)NC)C(=O)NC. The summed E-state index contributed by atoms with van der Waals surface area (Å²) in [5.74, 6) is -0.367. The van der Waals surface area contributed by atoms with Gasteiger partial charge in [0.1, 0.15) is 0 Å². The van der Waals surface area contributed by atoms with E-state index >= 15 is 0 Å². The predicted molar refractivity (Wildman–Crippen MR) is 41.7 cm³/mol. The summed E-state index contributed by atoms with van der Waals surface area (Å²) in [6.07, 6.45) is 0.444. The molecule has 0 atom stereocenters. The maximum Gasteiger partial charge on any atom is 0.237 e. The third-order valence-electron chi connectivity index (χ3n) is 1.36. The topological polar surface area (TPSA) is 58.2 Å². The van der Waals surface area contributed by atoms with E-state index in [0.717, 1.165) is 0 Å². The monoisotopic (exact) mass is 157 g/mol. The molecular weight excluding hydrogens is 144 g/mol. The van der Waals surface area contributed by atoms with Crippen molar-refractivity contribution in [2.75, 3.05) is 14.1 Å². The second-order valence-corrected chi connectivity index (χ2v) is 1.99. The molecule has 0 aromatic heterocycles. The maximum absolute atomic E-state index is 10.9. The lowest BCUT2D eigenvalue weighted by Crippen LogP contribution is -2.36. The molecule has 0 fully saturated rings. The third-order valence-corrected chi connectivity index (χ3v) is 1.36. The van der Waals surface area contributed by atoms with Crippen LogP contribution in [-0.4, -0.2) is 25.9 Å². The summed E-state index contributed by atoms with van der Waals surface area (Å²) in [7, 11) is 3.00. The number of nitrogens with one attached hydrogen (secondary N) is 2. The molecule has 0 saturated heterocycles. The van der Waals surface area contributed by atoms with Gasteiger partial charge in [0, 0.05) is 14.1 Å². The number of amides is 2. The molecular formula is C7H13N2O2. The summed E-state index contributed by atoms with van der Waals surface area (Å²) in [4.78, 5) is 21.9. The van der Waals surface area contributed by atoms with Crippen LogP contribution in [0.25, 0.3) is 0 Å². The van der Waals surface area contributed by atoms with Gasteiger partial charge in [0.2, 0.25) is 11.8 Å². The maximum atomic E-state index is 10.9. The van der Waals surface area contributed by atoms with E-state index in [1.54, 1.807) is 6.92 Å². The zero-order chi connectivity index (χ0) is 8.85. The highest BCUT2D eigenvalue weighted by Gasteiger charge is 2.23. The molecule has 0 aliphatic rings. The molecule has 0 rings (SSSR count). The zero-order valence-corrected chi connectivity index (χ0v) is 7.02. The molecule has 4 heteroatoms. The summed E-state index contributed by atoms with van der Waals surface area (Å²) >= 11 is 0. The largest absolute Gasteiger partial charge is 0.358 e. The smallest absolute Gasteiger partial charge is 0.237 e. The van der Waals surface area contributed by atoms with Gasteiger partial charge in [-0.3, -0.25) is 9.59 Å². The highest BCUT2D eigenvalue weighted by atomic mass is 16.2. The van der Waals surface area contributed by atoms with Crippen LogP contribution in [0, 0.1) is 5.92 Å². The lowest BCUT2D eigenvalue weighted by Gasteiger charge is -2.09. The van der Waals surface area contributed by atoms with Crippen LogP contribution in [0.1, 0.15) is 13.3 Å². The Bertz CT molecular complexity index is 141. The van der Waals surface area contributed by atoms with Crippen LogP contribution in [0.15, 0.2) is 0 Å². The number of carbonyl (C=O) groups is 2. The van der Waals surface area contributed by atoms with Gasteiger partial charge in [-0.2, -0.15) is 0 Å². The standard InChI is InChI=1S/C7H13N2O2/c1-4-5(6(10)8-2)7(11)9-3/h4H2,1-3H3,(H,8,10)(H,9,11). The summed E-state index contributed by atoms with van der Waals surface area (Å²) in [6, 6.07) is 0. The van der Waals surface area contributed by atoms with E-state index < -0.39 is 0 Å². The first-order chi connectivity index (χ1) is 5.17. The average Bonchev–Trinajstić information content (AvgIpc) is 2.05. The Labute approximate surface area is 66.4 Å². The van der Waals surface area contributed by atoms with Crippen molar-refractivity contribution in [3.05, 3.63) is 5.92 Å². The van der Waals surface area contributed by atoms with E-state index in [-0.39, 0.29) is 17.7 Å². The van der Waals surface area contributed by atoms with Crippen molar-refractivity contribution in [2.24, 2.45) is 0 Å². The van der Waals surface area contributed by atoms with E-state index in [1.165, 1.54) is 14.1 Å². The summed E-state index contributed by atoms with van der Waals surface area (Å²) in [5.41, 5.74) is 0. The molecule has 0 aliphatic heterocycles. The van der Waals surface area contributed by atoms with Gasteiger partial charge in [-0.15, -0.1) is 0 Å². The number of hydrogen-bond acceptors (Lipinski definition) is 2. The van der Waals surface area contributed by atoms with Crippen molar-refractivity contribution < 1.29 is 9.59 Å². The molecule has 2 amide bonds. The Kier molecular flexibility index (Phi) is 4.26. The molecule has 11 heavy (non-hydrogen) atoms. The van der Waals surface area contributed by atoms with Gasteiger partial charge in [0.25, 0.3) is 0 Å². The van der Waals surface area contributed by atoms with Crippen LogP contribution in [0.4, 0.5) is 0 Å². The molecule has 0 unspecified atom stereocenters. The van der Waals surface area contributed by atoms with Gasteiger partial charge in [0.15, 0.2) is 5.92 Å². The molecule has 63 valence electrons. The van der Waals surface area contributed by atoms with Crippen LogP contribution >= 0.6 is 0 Å². The number of hydrogen-bond donors (Lipinski definition) is 2. The minimum atomic E-state index is -0.313. The summed E-state index contributed by atoms with van der Waals surface area (Å²) < 4.78 is 0. The fourth-order valence-electron chi connectivity index (χ4n) is 0.726. The highest BCUT2D eigenvalue weighted by molar-refractivity contribution is 6.14. The second-order valence-electron chi connectivity index (χ2n) is 1.99. The Balaban J connectivity index is 4.15. The fraction of sp³-hybridized carbons (Fsp3) is 0.571. The Morgan fingerprint density at radius 1 is 1.09 bits per heavy atom. The van der Waals surface area contributed by atoms with Gasteiger partial charge in [-0.25, -0.2) is 0 Å². The van der Waals surface area contributed by atoms with Gasteiger partial charge in [-0.1, -0.05) is 6.92 Å². The zero-order valence-electron chi connectivity index (χ0n) is 7.02. The van der Waals surface area contributed by atoms with Crippen molar-refractivity contribution in [3.63, 3.8) is 0 Å². The first-order valence-corrected chi connectivity index (χ1v) is 3.47. The average molecular weight is 157 g/mol. The minimum Gasteiger partial charge on any atom is -0.358 e. The van der Waals surface area contributed by atoms with Crippen molar-refractivity contribution in [3.8, 4) is 0 Å². The van der Waals surface area contributed by atoms with Crippen LogP contribution in [-0.2, 0) is 9.59 Å². The molecule has 0 aliphatic carbocycles. The highest BCUT2D eigenvalue weighted by Crippen LogP contribution is 2.04. The van der Waals surface area contributed by atoms with Crippen molar-refractivity contribution >= 4 is 11.8 Å². The molecule has 2 N–H and O–H groups in total. The third kappa shape index (κ3) is 2.57. The van der Waals surface area contributed by atoms with Gasteiger partial charge in [-0.05, 0) is 6.42 Å². The normalized spacial score (nSPS) is 9.45. The van der Waals surface area contributed by atoms with E-state index in [2.05, 4.69) is 10.6 Å². The molecule has 0 bridgehead atoms. The van der Waals surface area contributed by atoms with E-state index in [1.807, 2.05) is 0 Å². The summed E-state index contributed by atoms with van der Waals surface area (Å²) in [6.45, 7) is 1.76. The van der Waals surface area contributed by atoms with E-state index in [4.69, 9.17) is 0 Å². The number of rotatable bonds is 3. The molecule has 1 radical (unpaired) electrons. The van der Waals surface area contributed by atoms with E-state index in [0.29, 0.717) is 6.42 Å². The molecule has 0 saturated carbocycles. The van der Waals surface area contributed by atoms with Crippen LogP contribution in [0.2, 0.25) is 0 Å². The van der Waals surface area contributed by atoms with Crippen LogP contribution in [0.5, 0.6) is 0 Å². The number of carbonyl (C=O) groups excluding carboxylic acids is 2. The Hall–Kier alpha value is -1.06. The van der Waals surface area contributed by atoms with Crippen molar-refractivity contribution in [1.29, 1.82) is 0 Å². The molecule has 0 heterocycles. The van der Waals surface area contributed by atoms with Gasteiger partial charge < -0.3 is 10.6 Å². The van der Waals surface area contributed by atoms with Crippen molar-refractivity contribution in [2.45, 2.75) is 13.3 Å². The van der Waals surface area contributed by atoms with Gasteiger partial charge in [0.05, 0.1) is 0 Å². The molecule has 0 spiro atoms. The molecule has 0 aromatic rings. The van der Waals surface area contributed by atoms with Crippen LogP contribution in [0.3, 0.4) is 0 Å². The predicted octanol–water partition coefficient (Wildman–Crippen LogP) is -0.537. The van der Waals surface area contributed by atoms with Crippen LogP contribution < -0.4 is 10.6 Å². The molecule has 4 nitrogen and oxygen atoms in total. The first-order valence-electron chi connectivity index (χ1n) is 3.47. The second kappa shape index (κ2) is 4.71. The van der Waals surface area contributed by atoms with E-state index in [9.17, 15) is 9.59 Å². The van der Waals surface area contributed by atoms with Crippen molar-refractivity contribution in [1.82, 2.24) is 10.6 Å². The lowest BCUT2D eigenvalue weighted by molar-refractivity contribution is -0.126. The minimum absolute atomic E-state index is 0.259. The van der Waals surface area contributed by atoms with Gasteiger partial charge >= 0.3 is 0 Å². The molecule has 0 aromatic carbocycles. The Morgan fingerprint density at radius 3 is 1.64 bits per heavy atom. The summed E-state index contributed by atoms with van der Waals surface area (Å²) in [5, 5.41) is 4.79. The quantitative estimate of drug-likeness (QED) is 0.541. The Morgan fingerprint density at radius 2 is 1.45 bits per heavy atom. The lowest BCUT2D eigenvalue weighted by atomic mass is 10.1. The fourth-order valence-corrected chi connectivity index (χ4v) is 0.726.